The van der Waals surface area contributed by atoms with Gasteiger partial charge in [-0.25, -0.2) is 0 Å². The predicted octanol–water partition coefficient (Wildman–Crippen LogP) is 2.81. The van der Waals surface area contributed by atoms with E-state index in [0.29, 0.717) is 10.9 Å². The van der Waals surface area contributed by atoms with Crippen molar-refractivity contribution < 1.29 is 14.8 Å². The maximum Gasteiger partial charge on any atom is 0.305 e. The van der Waals surface area contributed by atoms with Crippen LogP contribution in [0.1, 0.15) is 20.3 Å². The van der Waals surface area contributed by atoms with Gasteiger partial charge in [-0.05, 0) is 38.1 Å². The Hall–Kier alpha value is -2.70. The van der Waals surface area contributed by atoms with Gasteiger partial charge < -0.3 is 10.4 Å². The zero-order valence-corrected chi connectivity index (χ0v) is 11.7. The Bertz CT molecular complexity index is 712. The first-order chi connectivity index (χ1) is 9.80. The van der Waals surface area contributed by atoms with Gasteiger partial charge >= 0.3 is 11.7 Å². The molecule has 110 valence electrons. The van der Waals surface area contributed by atoms with Crippen molar-refractivity contribution in [3.8, 4) is 0 Å². The van der Waals surface area contributed by atoms with Crippen molar-refractivity contribution in [3.63, 3.8) is 0 Å². The second-order valence-electron chi connectivity index (χ2n) is 5.37. The van der Waals surface area contributed by atoms with E-state index in [1.807, 2.05) is 0 Å². The number of anilines is 1. The summed E-state index contributed by atoms with van der Waals surface area (Å²) >= 11 is 0. The van der Waals surface area contributed by atoms with Crippen molar-refractivity contribution in [3.05, 3.63) is 40.6 Å². The molecule has 0 radical (unpaired) electrons. The molecule has 0 saturated heterocycles. The number of benzene rings is 1. The molecule has 0 aliphatic rings. The summed E-state index contributed by atoms with van der Waals surface area (Å²) < 4.78 is 0. The van der Waals surface area contributed by atoms with E-state index in [-0.39, 0.29) is 17.8 Å². The number of carboxylic acid groups (broad SMARTS) is 1. The molecule has 0 saturated carbocycles. The molecule has 0 bridgehead atoms. The lowest BCUT2D eigenvalue weighted by Gasteiger charge is -2.25. The second-order valence-corrected chi connectivity index (χ2v) is 5.37. The highest BCUT2D eigenvalue weighted by atomic mass is 16.6. The average Bonchev–Trinajstić information content (AvgIpc) is 2.35. The number of aromatic nitrogens is 1. The van der Waals surface area contributed by atoms with Crippen molar-refractivity contribution in [2.75, 3.05) is 5.32 Å². The zero-order chi connectivity index (χ0) is 15.6. The highest BCUT2D eigenvalue weighted by Gasteiger charge is 2.26. The van der Waals surface area contributed by atoms with E-state index in [1.54, 1.807) is 44.3 Å². The molecule has 0 unspecified atom stereocenters. The highest BCUT2D eigenvalue weighted by molar-refractivity contribution is 5.94. The lowest BCUT2D eigenvalue weighted by molar-refractivity contribution is -0.382. The van der Waals surface area contributed by atoms with Crippen molar-refractivity contribution in [1.82, 2.24) is 4.98 Å². The molecule has 0 fully saturated rings. The molecule has 0 atom stereocenters. The van der Waals surface area contributed by atoms with Gasteiger partial charge in [0.1, 0.15) is 5.69 Å². The van der Waals surface area contributed by atoms with Gasteiger partial charge in [0, 0.05) is 11.7 Å². The van der Waals surface area contributed by atoms with E-state index in [1.165, 1.54) is 0 Å². The number of nitrogens with zero attached hydrogens (tertiary/aromatic N) is 2. The van der Waals surface area contributed by atoms with Gasteiger partial charge in [0.05, 0.1) is 22.2 Å². The van der Waals surface area contributed by atoms with Crippen molar-refractivity contribution in [1.29, 1.82) is 0 Å². The monoisotopic (exact) mass is 289 g/mol. The first-order valence-corrected chi connectivity index (χ1v) is 6.32. The molecule has 0 amide bonds. The Morgan fingerprint density at radius 3 is 2.76 bits per heavy atom. The molecule has 0 aliphatic carbocycles. The van der Waals surface area contributed by atoms with Crippen molar-refractivity contribution in [2.24, 2.45) is 0 Å². The smallest absolute Gasteiger partial charge is 0.305 e. The fourth-order valence-corrected chi connectivity index (χ4v) is 2.22. The third-order valence-electron chi connectivity index (χ3n) is 3.01. The minimum atomic E-state index is -0.974. The number of pyridine rings is 1. The largest absolute Gasteiger partial charge is 0.481 e. The molecule has 0 aliphatic heterocycles. The molecular weight excluding hydrogens is 274 g/mol. The van der Waals surface area contributed by atoms with Crippen molar-refractivity contribution in [2.45, 2.75) is 25.8 Å². The van der Waals surface area contributed by atoms with E-state index in [2.05, 4.69) is 10.3 Å². The summed E-state index contributed by atoms with van der Waals surface area (Å²) in [7, 11) is 0. The number of nitro groups is 1. The first kappa shape index (κ1) is 14.7. The first-order valence-electron chi connectivity index (χ1n) is 6.32. The van der Waals surface area contributed by atoms with Gasteiger partial charge in [-0.3, -0.25) is 19.9 Å². The number of nitrogens with one attached hydrogen (secondary N) is 1. The number of hydrogen-bond acceptors (Lipinski definition) is 5. The number of fused-ring (bicyclic) bond motifs is 1. The Kier molecular flexibility index (Phi) is 3.75. The number of aliphatic carboxylic acids is 1. The van der Waals surface area contributed by atoms with E-state index in [0.717, 1.165) is 0 Å². The van der Waals surface area contributed by atoms with E-state index in [4.69, 9.17) is 5.11 Å². The molecule has 21 heavy (non-hydrogen) atoms. The van der Waals surface area contributed by atoms with Crippen LogP contribution in [0.25, 0.3) is 10.9 Å². The second kappa shape index (κ2) is 5.35. The van der Waals surface area contributed by atoms with Crippen LogP contribution in [-0.2, 0) is 4.79 Å². The molecule has 7 nitrogen and oxygen atoms in total. The average molecular weight is 289 g/mol. The van der Waals surface area contributed by atoms with Crippen LogP contribution >= 0.6 is 0 Å². The molecule has 2 N–H and O–H groups in total. The van der Waals surface area contributed by atoms with Crippen LogP contribution in [0.15, 0.2) is 30.5 Å². The predicted molar refractivity (Wildman–Crippen MR) is 78.4 cm³/mol. The van der Waals surface area contributed by atoms with Gasteiger partial charge in [0.15, 0.2) is 0 Å². The number of hydrogen-bond donors (Lipinski definition) is 2. The van der Waals surface area contributed by atoms with Gasteiger partial charge in [0.2, 0.25) is 0 Å². The quantitative estimate of drug-likeness (QED) is 0.647. The van der Waals surface area contributed by atoms with E-state index >= 15 is 0 Å². The third-order valence-corrected chi connectivity index (χ3v) is 3.01. The Labute approximate surface area is 120 Å². The van der Waals surface area contributed by atoms with Gasteiger partial charge in [-0.15, -0.1) is 0 Å². The molecule has 1 aromatic carbocycles. The number of carboxylic acids is 1. The molecule has 0 spiro atoms. The topological polar surface area (TPSA) is 105 Å². The molecule has 1 heterocycles. The van der Waals surface area contributed by atoms with E-state index in [9.17, 15) is 14.9 Å². The summed E-state index contributed by atoms with van der Waals surface area (Å²) in [5.74, 6) is -0.974. The molecular formula is C14H15N3O4. The number of carbonyl (C=O) groups is 1. The lowest BCUT2D eigenvalue weighted by atomic mass is 9.99. The van der Waals surface area contributed by atoms with Crippen LogP contribution in [0.2, 0.25) is 0 Å². The molecule has 1 aromatic heterocycles. The van der Waals surface area contributed by atoms with Gasteiger partial charge in [-0.2, -0.15) is 0 Å². The summed E-state index contributed by atoms with van der Waals surface area (Å²) in [6, 6.07) is 6.47. The SMILES string of the molecule is CC(C)(CC(=O)O)Nc1ccc2ncccc2c1[N+](=O)[O-]. The Morgan fingerprint density at radius 2 is 2.14 bits per heavy atom. The maximum atomic E-state index is 11.4. The standard InChI is InChI=1S/C14H15N3O4/c1-14(2,8-12(18)19)16-11-6-5-10-9(4-3-7-15-10)13(11)17(20)21/h3-7,16H,8H2,1-2H3,(H,18,19). The Morgan fingerprint density at radius 1 is 1.43 bits per heavy atom. The normalized spacial score (nSPS) is 11.3. The van der Waals surface area contributed by atoms with Gasteiger partial charge in [0.25, 0.3) is 0 Å². The lowest BCUT2D eigenvalue weighted by Crippen LogP contribution is -2.33. The summed E-state index contributed by atoms with van der Waals surface area (Å²) in [5, 5.41) is 23.6. The van der Waals surface area contributed by atoms with Crippen LogP contribution in [0.3, 0.4) is 0 Å². The van der Waals surface area contributed by atoms with Crippen LogP contribution in [0.5, 0.6) is 0 Å². The van der Waals surface area contributed by atoms with Crippen LogP contribution < -0.4 is 5.32 Å². The minimum absolute atomic E-state index is 0.0981. The summed E-state index contributed by atoms with van der Waals surface area (Å²) in [6.45, 7) is 3.36. The highest BCUT2D eigenvalue weighted by Crippen LogP contribution is 2.34. The summed E-state index contributed by atoms with van der Waals surface area (Å²) in [5.41, 5.74) is -0.108. The summed E-state index contributed by atoms with van der Waals surface area (Å²) in [4.78, 5) is 25.8. The Balaban J connectivity index is 2.51. The fourth-order valence-electron chi connectivity index (χ4n) is 2.22. The fraction of sp³-hybridized carbons (Fsp3) is 0.286. The van der Waals surface area contributed by atoms with Gasteiger partial charge in [-0.1, -0.05) is 0 Å². The molecule has 2 rings (SSSR count). The van der Waals surface area contributed by atoms with Crippen LogP contribution in [0, 0.1) is 10.1 Å². The zero-order valence-electron chi connectivity index (χ0n) is 11.7. The minimum Gasteiger partial charge on any atom is -0.481 e. The molecule has 7 heteroatoms. The van der Waals surface area contributed by atoms with Crippen LogP contribution in [0.4, 0.5) is 11.4 Å². The number of rotatable bonds is 5. The number of nitro benzene ring substituents is 1. The van der Waals surface area contributed by atoms with Crippen molar-refractivity contribution >= 4 is 28.2 Å². The third kappa shape index (κ3) is 3.25. The maximum absolute atomic E-state index is 11.4. The van der Waals surface area contributed by atoms with Crippen LogP contribution in [-0.4, -0.2) is 26.5 Å². The van der Waals surface area contributed by atoms with E-state index < -0.39 is 16.4 Å². The summed E-state index contributed by atoms with van der Waals surface area (Å²) in [6.07, 6.45) is 1.41. The molecule has 2 aromatic rings.